The quantitative estimate of drug-likeness (QED) is 0.665. The van der Waals surface area contributed by atoms with Crippen molar-refractivity contribution in [2.75, 3.05) is 5.43 Å². The zero-order valence-electron chi connectivity index (χ0n) is 9.52. The largest absolute Gasteiger partial charge is 0.277 e. The van der Waals surface area contributed by atoms with Crippen molar-refractivity contribution >= 4 is 26.2 Å². The lowest BCUT2D eigenvalue weighted by atomic mass is 10.2. The molecule has 0 amide bonds. The van der Waals surface area contributed by atoms with Gasteiger partial charge in [0.1, 0.15) is 4.62 Å². The highest BCUT2D eigenvalue weighted by molar-refractivity contribution is 9.18. The number of aryl methyl sites for hydroxylation is 1. The van der Waals surface area contributed by atoms with Gasteiger partial charge in [-0.15, -0.1) is 0 Å². The second-order valence-electron chi connectivity index (χ2n) is 3.75. The van der Waals surface area contributed by atoms with E-state index in [1.165, 1.54) is 5.56 Å². The van der Waals surface area contributed by atoms with Gasteiger partial charge in [-0.05, 0) is 35.0 Å². The maximum absolute atomic E-state index is 4.28. The molecular weight excluding hydrogens is 276 g/mol. The van der Waals surface area contributed by atoms with E-state index < -0.39 is 0 Å². The van der Waals surface area contributed by atoms with E-state index in [0.717, 1.165) is 15.9 Å². The Morgan fingerprint density at radius 3 is 2.29 bits per heavy atom. The molecule has 0 aromatic heterocycles. The van der Waals surface area contributed by atoms with Crippen LogP contribution in [-0.2, 0) is 0 Å². The fourth-order valence-electron chi connectivity index (χ4n) is 1.38. The molecule has 2 nitrogen and oxygen atoms in total. The molecule has 2 rings (SSSR count). The molecule has 2 aromatic rings. The monoisotopic (exact) mass is 288 g/mol. The summed E-state index contributed by atoms with van der Waals surface area (Å²) in [6.07, 6.45) is 0. The summed E-state index contributed by atoms with van der Waals surface area (Å²) >= 11 is 3.45. The van der Waals surface area contributed by atoms with Gasteiger partial charge in [-0.25, -0.2) is 0 Å². The first-order chi connectivity index (χ1) is 8.25. The van der Waals surface area contributed by atoms with Gasteiger partial charge >= 0.3 is 0 Å². The van der Waals surface area contributed by atoms with Gasteiger partial charge in [0.15, 0.2) is 0 Å². The minimum absolute atomic E-state index is 0.790. The SMILES string of the molecule is Cc1ccc(N/N=C(\Br)c2ccccc2)cc1. The molecule has 2 aromatic carbocycles. The first kappa shape index (κ1) is 11.9. The van der Waals surface area contributed by atoms with Crippen molar-refractivity contribution in [3.05, 3.63) is 65.7 Å². The number of nitrogens with zero attached hydrogens (tertiary/aromatic N) is 1. The van der Waals surface area contributed by atoms with Crippen LogP contribution in [0.1, 0.15) is 11.1 Å². The Kier molecular flexibility index (Phi) is 3.94. The van der Waals surface area contributed by atoms with Crippen LogP contribution in [0.3, 0.4) is 0 Å². The molecule has 0 heterocycles. The lowest BCUT2D eigenvalue weighted by Crippen LogP contribution is -1.96. The van der Waals surface area contributed by atoms with E-state index in [4.69, 9.17) is 0 Å². The van der Waals surface area contributed by atoms with Gasteiger partial charge in [0.25, 0.3) is 0 Å². The number of nitrogens with one attached hydrogen (secondary N) is 1. The number of anilines is 1. The van der Waals surface area contributed by atoms with Crippen molar-refractivity contribution in [2.24, 2.45) is 5.10 Å². The summed E-state index contributed by atoms with van der Waals surface area (Å²) in [6.45, 7) is 2.06. The van der Waals surface area contributed by atoms with Gasteiger partial charge in [0.2, 0.25) is 0 Å². The zero-order chi connectivity index (χ0) is 12.1. The summed E-state index contributed by atoms with van der Waals surface area (Å²) in [5.74, 6) is 0. The summed E-state index contributed by atoms with van der Waals surface area (Å²) in [5, 5.41) is 4.28. The lowest BCUT2D eigenvalue weighted by molar-refractivity contribution is 1.33. The highest BCUT2D eigenvalue weighted by atomic mass is 79.9. The number of rotatable bonds is 3. The minimum atomic E-state index is 0.790. The van der Waals surface area contributed by atoms with Gasteiger partial charge in [-0.1, -0.05) is 48.0 Å². The maximum atomic E-state index is 4.28. The molecule has 0 atom stereocenters. The van der Waals surface area contributed by atoms with Gasteiger partial charge in [-0.3, -0.25) is 5.43 Å². The lowest BCUT2D eigenvalue weighted by Gasteiger charge is -2.02. The third-order valence-corrected chi connectivity index (χ3v) is 2.98. The van der Waals surface area contributed by atoms with Crippen molar-refractivity contribution < 1.29 is 0 Å². The van der Waals surface area contributed by atoms with Crippen LogP contribution in [0.25, 0.3) is 0 Å². The third kappa shape index (κ3) is 3.43. The van der Waals surface area contributed by atoms with Crippen molar-refractivity contribution in [1.82, 2.24) is 0 Å². The Morgan fingerprint density at radius 1 is 1.00 bits per heavy atom. The maximum Gasteiger partial charge on any atom is 0.133 e. The van der Waals surface area contributed by atoms with Crippen molar-refractivity contribution in [1.29, 1.82) is 0 Å². The van der Waals surface area contributed by atoms with Crippen LogP contribution in [0.15, 0.2) is 59.7 Å². The van der Waals surface area contributed by atoms with E-state index >= 15 is 0 Å². The fourth-order valence-corrected chi connectivity index (χ4v) is 1.73. The van der Waals surface area contributed by atoms with Crippen LogP contribution in [-0.4, -0.2) is 4.62 Å². The molecule has 0 aliphatic carbocycles. The van der Waals surface area contributed by atoms with E-state index in [2.05, 4.69) is 33.4 Å². The van der Waals surface area contributed by atoms with Crippen LogP contribution >= 0.6 is 15.9 Å². The van der Waals surface area contributed by atoms with Crippen molar-refractivity contribution in [2.45, 2.75) is 6.92 Å². The average molecular weight is 289 g/mol. The topological polar surface area (TPSA) is 24.4 Å². The minimum Gasteiger partial charge on any atom is -0.277 e. The molecule has 3 heteroatoms. The zero-order valence-corrected chi connectivity index (χ0v) is 11.1. The Hall–Kier alpha value is -1.61. The molecule has 0 unspecified atom stereocenters. The first-order valence-corrected chi connectivity index (χ1v) is 6.16. The summed E-state index contributed by atoms with van der Waals surface area (Å²) in [4.78, 5) is 0. The highest BCUT2D eigenvalue weighted by Crippen LogP contribution is 2.11. The van der Waals surface area contributed by atoms with E-state index in [9.17, 15) is 0 Å². The van der Waals surface area contributed by atoms with Crippen LogP contribution in [0, 0.1) is 6.92 Å². The van der Waals surface area contributed by atoms with Gasteiger partial charge in [-0.2, -0.15) is 5.10 Å². The summed E-state index contributed by atoms with van der Waals surface area (Å²) in [5.41, 5.74) is 6.27. The molecular formula is C14H13BrN2. The van der Waals surface area contributed by atoms with Crippen molar-refractivity contribution in [3.63, 3.8) is 0 Å². The van der Waals surface area contributed by atoms with Gasteiger partial charge in [0, 0.05) is 5.56 Å². The molecule has 0 bridgehead atoms. The molecule has 1 N–H and O–H groups in total. The summed E-state index contributed by atoms with van der Waals surface area (Å²) in [7, 11) is 0. The Labute approximate surface area is 110 Å². The van der Waals surface area contributed by atoms with Crippen LogP contribution in [0.5, 0.6) is 0 Å². The number of hydrazone groups is 1. The molecule has 0 spiro atoms. The Bertz CT molecular complexity index is 504. The van der Waals surface area contributed by atoms with E-state index in [1.807, 2.05) is 54.6 Å². The van der Waals surface area contributed by atoms with Crippen LogP contribution in [0.2, 0.25) is 0 Å². The second-order valence-corrected chi connectivity index (χ2v) is 4.50. The molecule has 0 fully saturated rings. The molecule has 0 aliphatic rings. The molecule has 0 saturated carbocycles. The van der Waals surface area contributed by atoms with Crippen molar-refractivity contribution in [3.8, 4) is 0 Å². The molecule has 0 radical (unpaired) electrons. The summed E-state index contributed by atoms with van der Waals surface area (Å²) in [6, 6.07) is 18.1. The van der Waals surface area contributed by atoms with Gasteiger partial charge < -0.3 is 0 Å². The molecule has 86 valence electrons. The number of halogens is 1. The fraction of sp³-hybridized carbons (Fsp3) is 0.0714. The Morgan fingerprint density at radius 2 is 1.65 bits per heavy atom. The third-order valence-electron chi connectivity index (χ3n) is 2.35. The normalized spacial score (nSPS) is 11.3. The molecule has 0 aliphatic heterocycles. The Balaban J connectivity index is 2.08. The standard InChI is InChI=1S/C14H13BrN2/c1-11-7-9-13(10-8-11)16-17-14(15)12-5-3-2-4-6-12/h2-10,16H,1H3/b17-14-. The van der Waals surface area contributed by atoms with Crippen LogP contribution in [0.4, 0.5) is 5.69 Å². The van der Waals surface area contributed by atoms with Crippen LogP contribution < -0.4 is 5.43 Å². The predicted molar refractivity (Wildman–Crippen MR) is 76.7 cm³/mol. The van der Waals surface area contributed by atoms with Gasteiger partial charge in [0.05, 0.1) is 5.69 Å². The van der Waals surface area contributed by atoms with E-state index in [1.54, 1.807) is 0 Å². The molecule has 17 heavy (non-hydrogen) atoms. The smallest absolute Gasteiger partial charge is 0.133 e. The second kappa shape index (κ2) is 5.64. The first-order valence-electron chi connectivity index (χ1n) is 5.37. The highest BCUT2D eigenvalue weighted by Gasteiger charge is 1.97. The average Bonchev–Trinajstić information content (AvgIpc) is 2.39. The number of hydrogen-bond donors (Lipinski definition) is 1. The molecule has 0 saturated heterocycles. The van der Waals surface area contributed by atoms with E-state index in [-0.39, 0.29) is 0 Å². The summed E-state index contributed by atoms with van der Waals surface area (Å²) < 4.78 is 0.790. The number of benzene rings is 2. The number of hydrogen-bond acceptors (Lipinski definition) is 2. The predicted octanol–water partition coefficient (Wildman–Crippen LogP) is 4.16. The van der Waals surface area contributed by atoms with E-state index in [0.29, 0.717) is 0 Å².